The Bertz CT molecular complexity index is 1790. The number of nitrogens with zero attached hydrogens (tertiary/aromatic N) is 9. The Kier molecular flexibility index (Phi) is 10.1. The van der Waals surface area contributed by atoms with Crippen LogP contribution in [0.1, 0.15) is 43.6 Å². The number of hydrogen-bond donors (Lipinski definition) is 1. The van der Waals surface area contributed by atoms with Crippen LogP contribution in [0.3, 0.4) is 0 Å². The zero-order valence-electron chi connectivity index (χ0n) is 28.0. The summed E-state index contributed by atoms with van der Waals surface area (Å²) in [5, 5.41) is 24.6. The maximum Gasteiger partial charge on any atom is 0.451 e. The van der Waals surface area contributed by atoms with Crippen molar-refractivity contribution >= 4 is 19.1 Å². The third kappa shape index (κ3) is 7.95. The van der Waals surface area contributed by atoms with Gasteiger partial charge >= 0.3 is 6.18 Å². The Hall–Kier alpha value is -3.91. The van der Waals surface area contributed by atoms with Crippen molar-refractivity contribution in [3.05, 3.63) is 48.6 Å². The molecule has 262 valence electrons. The van der Waals surface area contributed by atoms with Crippen LogP contribution in [0.4, 0.5) is 13.2 Å². The maximum atomic E-state index is 13.3. The molecular formula is C33H42F3N9O3Si. The molecule has 2 aliphatic rings. The van der Waals surface area contributed by atoms with E-state index in [9.17, 15) is 23.5 Å². The van der Waals surface area contributed by atoms with Gasteiger partial charge in [-0.15, -0.1) is 0 Å². The molecule has 4 aromatic heterocycles. The molecule has 1 aliphatic heterocycles. The van der Waals surface area contributed by atoms with Crippen molar-refractivity contribution in [1.29, 1.82) is 5.26 Å². The molecule has 0 aromatic carbocycles. The largest absolute Gasteiger partial charge is 0.474 e. The second-order valence-electron chi connectivity index (χ2n) is 14.3. The molecule has 0 atom stereocenters. The fourth-order valence-corrected chi connectivity index (χ4v) is 7.39. The molecule has 16 heteroatoms. The average Bonchev–Trinajstić information content (AvgIpc) is 3.69. The summed E-state index contributed by atoms with van der Waals surface area (Å²) >= 11 is 0. The summed E-state index contributed by atoms with van der Waals surface area (Å²) in [7, 11) is -1.18. The van der Waals surface area contributed by atoms with Crippen LogP contribution in [0.25, 0.3) is 22.3 Å². The van der Waals surface area contributed by atoms with Crippen molar-refractivity contribution in [2.45, 2.75) is 94.8 Å². The van der Waals surface area contributed by atoms with Crippen molar-refractivity contribution in [2.75, 3.05) is 26.3 Å². The molecule has 1 saturated heterocycles. The summed E-state index contributed by atoms with van der Waals surface area (Å²) in [6, 6.07) is 7.07. The first kappa shape index (κ1) is 34.9. The highest BCUT2D eigenvalue weighted by atomic mass is 28.3. The minimum Gasteiger partial charge on any atom is -0.474 e. The van der Waals surface area contributed by atoms with Gasteiger partial charge < -0.3 is 19.1 Å². The number of rotatable bonds is 13. The molecule has 0 radical (unpaired) electrons. The van der Waals surface area contributed by atoms with E-state index in [1.165, 1.54) is 6.07 Å². The van der Waals surface area contributed by atoms with E-state index in [4.69, 9.17) is 14.6 Å². The lowest BCUT2D eigenvalue weighted by Gasteiger charge is -2.53. The van der Waals surface area contributed by atoms with Gasteiger partial charge in [-0.3, -0.25) is 9.58 Å². The maximum absolute atomic E-state index is 13.3. The van der Waals surface area contributed by atoms with Crippen LogP contribution in [0.5, 0.6) is 5.88 Å². The average molecular weight is 698 g/mol. The van der Waals surface area contributed by atoms with Crippen LogP contribution < -0.4 is 4.74 Å². The number of aliphatic hydroxyl groups excluding tert-OH is 1. The van der Waals surface area contributed by atoms with E-state index in [0.29, 0.717) is 39.1 Å². The molecule has 0 bridgehead atoms. The molecule has 0 unspecified atom stereocenters. The Balaban J connectivity index is 1.08. The van der Waals surface area contributed by atoms with Gasteiger partial charge in [0.15, 0.2) is 0 Å². The van der Waals surface area contributed by atoms with E-state index >= 15 is 0 Å². The van der Waals surface area contributed by atoms with Gasteiger partial charge in [0.2, 0.25) is 11.7 Å². The van der Waals surface area contributed by atoms with Crippen molar-refractivity contribution in [3.63, 3.8) is 0 Å². The van der Waals surface area contributed by atoms with E-state index in [0.717, 1.165) is 47.8 Å². The second-order valence-corrected chi connectivity index (χ2v) is 19.9. The van der Waals surface area contributed by atoms with Crippen LogP contribution in [0.15, 0.2) is 37.1 Å². The quantitative estimate of drug-likeness (QED) is 0.145. The number of halogens is 3. The van der Waals surface area contributed by atoms with Crippen molar-refractivity contribution in [1.82, 2.24) is 39.2 Å². The standard InChI is InChI=1S/C33H42F3N9O3Si/c1-49(2,3)15-14-47-22-43-12-8-27-29(38-21-39-30(27)43)23-17-40-45(18-23)32(10-11-37)19-44(20-32)25-4-6-26(7-5-25)48-28-16-24(9-13-46)41-31(42-28)33(34,35)36/h8,12,16-18,21,25-26,46H,4-7,9-10,13-15,19-20,22H2,1-3H3. The normalized spacial score (nSPS) is 19.9. The second kappa shape index (κ2) is 14.1. The third-order valence-corrected chi connectivity index (χ3v) is 11.1. The lowest BCUT2D eigenvalue weighted by molar-refractivity contribution is -0.145. The predicted octanol–water partition coefficient (Wildman–Crippen LogP) is 5.27. The zero-order valence-corrected chi connectivity index (χ0v) is 29.0. The van der Waals surface area contributed by atoms with Crippen LogP contribution in [-0.4, -0.2) is 90.8 Å². The number of ether oxygens (including phenoxy) is 2. The Morgan fingerprint density at radius 3 is 2.59 bits per heavy atom. The predicted molar refractivity (Wildman–Crippen MR) is 177 cm³/mol. The molecule has 1 aliphatic carbocycles. The van der Waals surface area contributed by atoms with E-state index in [1.54, 1.807) is 12.5 Å². The lowest BCUT2D eigenvalue weighted by atomic mass is 9.82. The van der Waals surface area contributed by atoms with E-state index < -0.39 is 25.6 Å². The summed E-state index contributed by atoms with van der Waals surface area (Å²) in [6.45, 7) is 9.11. The van der Waals surface area contributed by atoms with Gasteiger partial charge in [0.25, 0.3) is 0 Å². The van der Waals surface area contributed by atoms with Gasteiger partial charge in [-0.1, -0.05) is 19.6 Å². The number of aromatic nitrogens is 7. The first-order valence-corrected chi connectivity index (χ1v) is 20.3. The molecular weight excluding hydrogens is 656 g/mol. The number of aliphatic hydroxyl groups is 1. The number of alkyl halides is 3. The molecule has 0 spiro atoms. The summed E-state index contributed by atoms with van der Waals surface area (Å²) < 4.78 is 55.7. The Morgan fingerprint density at radius 2 is 1.90 bits per heavy atom. The van der Waals surface area contributed by atoms with Gasteiger partial charge in [-0.2, -0.15) is 28.5 Å². The Morgan fingerprint density at radius 1 is 1.12 bits per heavy atom. The van der Waals surface area contributed by atoms with Gasteiger partial charge in [0.05, 0.1) is 30.1 Å². The first-order chi connectivity index (χ1) is 23.4. The highest BCUT2D eigenvalue weighted by Crippen LogP contribution is 2.39. The highest BCUT2D eigenvalue weighted by molar-refractivity contribution is 6.76. The molecule has 4 aromatic rings. The summed E-state index contributed by atoms with van der Waals surface area (Å²) in [5.74, 6) is -1.39. The van der Waals surface area contributed by atoms with Gasteiger partial charge in [0.1, 0.15) is 30.3 Å². The SMILES string of the molecule is C[Si](C)(C)CCOCn1ccc2c(-c3cnn(C4(CC#N)CN(C5CCC(Oc6cc(CCO)nc(C(F)(F)F)n6)CC5)C4)c3)ncnc21. The minimum absolute atomic E-state index is 0.0167. The first-order valence-electron chi connectivity index (χ1n) is 16.6. The summed E-state index contributed by atoms with van der Waals surface area (Å²) in [6.07, 6.45) is 5.49. The van der Waals surface area contributed by atoms with Crippen molar-refractivity contribution in [2.24, 2.45) is 0 Å². The van der Waals surface area contributed by atoms with Crippen molar-refractivity contribution < 1.29 is 27.8 Å². The zero-order chi connectivity index (χ0) is 34.8. The van der Waals surface area contributed by atoms with Crippen LogP contribution >= 0.6 is 0 Å². The van der Waals surface area contributed by atoms with E-state index in [1.807, 2.05) is 27.7 Å². The van der Waals surface area contributed by atoms with E-state index in [2.05, 4.69) is 50.5 Å². The van der Waals surface area contributed by atoms with Crippen LogP contribution in [-0.2, 0) is 29.6 Å². The molecule has 1 saturated carbocycles. The Labute approximate surface area is 283 Å². The minimum atomic E-state index is -4.71. The number of fused-ring (bicyclic) bond motifs is 1. The van der Waals surface area contributed by atoms with Crippen LogP contribution in [0.2, 0.25) is 25.7 Å². The van der Waals surface area contributed by atoms with Gasteiger partial charge in [0, 0.05) is 76.2 Å². The van der Waals surface area contributed by atoms with Gasteiger partial charge in [-0.25, -0.2) is 15.0 Å². The summed E-state index contributed by atoms with van der Waals surface area (Å²) in [5.41, 5.74) is 2.02. The number of hydrogen-bond acceptors (Lipinski definition) is 10. The fourth-order valence-electron chi connectivity index (χ4n) is 6.64. The van der Waals surface area contributed by atoms with Crippen molar-refractivity contribution in [3.8, 4) is 23.2 Å². The molecule has 49 heavy (non-hydrogen) atoms. The van der Waals surface area contributed by atoms with Gasteiger partial charge in [-0.05, 0) is 37.8 Å². The topological polar surface area (TPSA) is 140 Å². The molecule has 2 fully saturated rings. The molecule has 1 N–H and O–H groups in total. The third-order valence-electron chi connectivity index (χ3n) is 9.35. The summed E-state index contributed by atoms with van der Waals surface area (Å²) in [4.78, 5) is 18.6. The monoisotopic (exact) mass is 697 g/mol. The number of likely N-dealkylation sites (tertiary alicyclic amines) is 1. The highest BCUT2D eigenvalue weighted by Gasteiger charge is 2.48. The van der Waals surface area contributed by atoms with Crippen LogP contribution in [0, 0.1) is 11.3 Å². The van der Waals surface area contributed by atoms with E-state index in [-0.39, 0.29) is 36.7 Å². The molecule has 0 amide bonds. The lowest BCUT2D eigenvalue weighted by Crippen LogP contribution is -2.65. The smallest absolute Gasteiger partial charge is 0.451 e. The fraction of sp³-hybridized carbons (Fsp3) is 0.576. The molecule has 6 rings (SSSR count). The number of nitriles is 1. The molecule has 12 nitrogen and oxygen atoms in total. The molecule has 5 heterocycles.